The summed E-state index contributed by atoms with van der Waals surface area (Å²) in [6.07, 6.45) is 0.794. The van der Waals surface area contributed by atoms with Crippen molar-refractivity contribution in [2.24, 2.45) is 17.4 Å². The lowest BCUT2D eigenvalue weighted by Crippen LogP contribution is -2.55. The SMILES string of the molecule is CC(C)C[C@H](NC(=O)[C@H](CCCNC(=N)N)NC(=O)[C@@H](N)CO)C(=O)O. The molecule has 0 rings (SSSR count). The van der Waals surface area contributed by atoms with Crippen LogP contribution >= 0.6 is 0 Å². The summed E-state index contributed by atoms with van der Waals surface area (Å²) in [5.41, 5.74) is 10.6. The molecule has 0 aromatic carbocycles. The van der Waals surface area contributed by atoms with E-state index >= 15 is 0 Å². The zero-order chi connectivity index (χ0) is 20.3. The van der Waals surface area contributed by atoms with Crippen molar-refractivity contribution in [3.05, 3.63) is 0 Å². The van der Waals surface area contributed by atoms with Crippen LogP contribution in [0.15, 0.2) is 0 Å². The van der Waals surface area contributed by atoms with Crippen LogP contribution in [0.5, 0.6) is 0 Å². The first-order valence-corrected chi connectivity index (χ1v) is 8.36. The standard InChI is InChI=1S/C15H30N6O5/c1-8(2)6-11(14(25)26)21-13(24)10(4-3-5-19-15(17)18)20-12(23)9(16)7-22/h8-11,22H,3-7,16H2,1-2H3,(H,20,23)(H,21,24)(H,25,26)(H4,17,18,19)/t9-,10-,11-/m0/s1. The van der Waals surface area contributed by atoms with Gasteiger partial charge in [-0.15, -0.1) is 0 Å². The van der Waals surface area contributed by atoms with Crippen molar-refractivity contribution < 1.29 is 24.6 Å². The lowest BCUT2D eigenvalue weighted by atomic mass is 10.0. The Morgan fingerprint density at radius 2 is 1.69 bits per heavy atom. The van der Waals surface area contributed by atoms with E-state index in [9.17, 15) is 19.5 Å². The van der Waals surface area contributed by atoms with Gasteiger partial charge in [-0.3, -0.25) is 15.0 Å². The van der Waals surface area contributed by atoms with Crippen molar-refractivity contribution in [1.82, 2.24) is 16.0 Å². The van der Waals surface area contributed by atoms with Gasteiger partial charge in [-0.25, -0.2) is 4.79 Å². The number of amides is 2. The minimum Gasteiger partial charge on any atom is -0.480 e. The molecule has 0 aromatic rings. The van der Waals surface area contributed by atoms with Crippen LogP contribution < -0.4 is 27.4 Å². The Morgan fingerprint density at radius 3 is 2.15 bits per heavy atom. The number of aliphatic hydroxyl groups is 1. The maximum absolute atomic E-state index is 12.4. The number of nitrogens with one attached hydrogen (secondary N) is 4. The summed E-state index contributed by atoms with van der Waals surface area (Å²) in [7, 11) is 0. The van der Waals surface area contributed by atoms with Gasteiger partial charge in [0, 0.05) is 6.54 Å². The van der Waals surface area contributed by atoms with E-state index in [0.717, 1.165) is 0 Å². The number of hydrogen-bond donors (Lipinski definition) is 8. The summed E-state index contributed by atoms with van der Waals surface area (Å²) in [6, 6.07) is -3.29. The predicted molar refractivity (Wildman–Crippen MR) is 95.2 cm³/mol. The average Bonchev–Trinajstić information content (AvgIpc) is 2.54. The number of carbonyl (C=O) groups excluding carboxylic acids is 2. The number of rotatable bonds is 12. The van der Waals surface area contributed by atoms with Crippen LogP contribution in [0, 0.1) is 11.3 Å². The van der Waals surface area contributed by atoms with Gasteiger partial charge in [0.15, 0.2) is 5.96 Å². The zero-order valence-corrected chi connectivity index (χ0v) is 15.1. The Morgan fingerprint density at radius 1 is 1.12 bits per heavy atom. The van der Waals surface area contributed by atoms with Crippen molar-refractivity contribution in [1.29, 1.82) is 5.41 Å². The first kappa shape index (κ1) is 23.6. The fraction of sp³-hybridized carbons (Fsp3) is 0.733. The fourth-order valence-corrected chi connectivity index (χ4v) is 2.12. The summed E-state index contributed by atoms with van der Waals surface area (Å²) < 4.78 is 0. The molecule has 0 aliphatic heterocycles. The van der Waals surface area contributed by atoms with Crippen LogP contribution in [0.2, 0.25) is 0 Å². The molecule has 0 aliphatic rings. The summed E-state index contributed by atoms with van der Waals surface area (Å²) in [4.78, 5) is 35.6. The Bertz CT molecular complexity index is 499. The van der Waals surface area contributed by atoms with Gasteiger partial charge in [0.25, 0.3) is 0 Å². The summed E-state index contributed by atoms with van der Waals surface area (Å²) in [5, 5.41) is 32.6. The number of hydrogen-bond acceptors (Lipinski definition) is 6. The van der Waals surface area contributed by atoms with Crippen molar-refractivity contribution in [2.75, 3.05) is 13.2 Å². The maximum Gasteiger partial charge on any atom is 0.326 e. The largest absolute Gasteiger partial charge is 0.480 e. The topological polar surface area (TPSA) is 204 Å². The molecule has 0 radical (unpaired) electrons. The van der Waals surface area contributed by atoms with E-state index in [2.05, 4.69) is 16.0 Å². The second-order valence-corrected chi connectivity index (χ2v) is 6.36. The van der Waals surface area contributed by atoms with Gasteiger partial charge >= 0.3 is 5.97 Å². The van der Waals surface area contributed by atoms with Crippen molar-refractivity contribution >= 4 is 23.7 Å². The second-order valence-electron chi connectivity index (χ2n) is 6.36. The summed E-state index contributed by atoms with van der Waals surface area (Å²) in [6.45, 7) is 3.37. The molecule has 0 aromatic heterocycles. The number of guanidine groups is 1. The van der Waals surface area contributed by atoms with E-state index in [4.69, 9.17) is 22.0 Å². The molecule has 0 saturated carbocycles. The number of aliphatic carboxylic acids is 1. The quantitative estimate of drug-likeness (QED) is 0.105. The Labute approximate surface area is 152 Å². The van der Waals surface area contributed by atoms with Gasteiger partial charge in [0.2, 0.25) is 11.8 Å². The third-order valence-electron chi connectivity index (χ3n) is 3.47. The molecule has 2 amide bonds. The van der Waals surface area contributed by atoms with Gasteiger partial charge in [0.1, 0.15) is 18.1 Å². The fourth-order valence-electron chi connectivity index (χ4n) is 2.12. The van der Waals surface area contributed by atoms with Crippen LogP contribution in [-0.4, -0.2) is 65.2 Å². The van der Waals surface area contributed by atoms with Crippen LogP contribution in [0.25, 0.3) is 0 Å². The first-order valence-electron chi connectivity index (χ1n) is 8.36. The Balaban J connectivity index is 4.97. The molecular weight excluding hydrogens is 344 g/mol. The number of carboxylic acid groups (broad SMARTS) is 1. The van der Waals surface area contributed by atoms with E-state index in [0.29, 0.717) is 13.0 Å². The molecule has 150 valence electrons. The normalized spacial score (nSPS) is 14.2. The lowest BCUT2D eigenvalue weighted by molar-refractivity contribution is -0.142. The van der Waals surface area contributed by atoms with Crippen LogP contribution in [0.4, 0.5) is 0 Å². The Kier molecular flexibility index (Phi) is 10.9. The highest BCUT2D eigenvalue weighted by molar-refractivity contribution is 5.91. The highest BCUT2D eigenvalue weighted by Crippen LogP contribution is 2.06. The molecule has 26 heavy (non-hydrogen) atoms. The number of nitrogens with two attached hydrogens (primary N) is 2. The maximum atomic E-state index is 12.4. The van der Waals surface area contributed by atoms with Gasteiger partial charge in [-0.1, -0.05) is 13.8 Å². The van der Waals surface area contributed by atoms with E-state index in [1.165, 1.54) is 0 Å². The highest BCUT2D eigenvalue weighted by Gasteiger charge is 2.28. The summed E-state index contributed by atoms with van der Waals surface area (Å²) >= 11 is 0. The smallest absolute Gasteiger partial charge is 0.326 e. The van der Waals surface area contributed by atoms with Gasteiger partial charge in [0.05, 0.1) is 6.61 Å². The highest BCUT2D eigenvalue weighted by atomic mass is 16.4. The average molecular weight is 374 g/mol. The van der Waals surface area contributed by atoms with Crippen molar-refractivity contribution in [2.45, 2.75) is 51.2 Å². The number of carboxylic acids is 1. The molecule has 0 aliphatic carbocycles. The van der Waals surface area contributed by atoms with Crippen molar-refractivity contribution in [3.63, 3.8) is 0 Å². The number of carbonyl (C=O) groups is 3. The molecule has 0 heterocycles. The van der Waals surface area contributed by atoms with Crippen molar-refractivity contribution in [3.8, 4) is 0 Å². The Hall–Kier alpha value is -2.40. The van der Waals surface area contributed by atoms with Crippen LogP contribution in [0.1, 0.15) is 33.1 Å². The molecule has 10 N–H and O–H groups in total. The lowest BCUT2D eigenvalue weighted by Gasteiger charge is -2.23. The third kappa shape index (κ3) is 9.79. The van der Waals surface area contributed by atoms with E-state index in [-0.39, 0.29) is 24.7 Å². The first-order chi connectivity index (χ1) is 12.1. The molecule has 0 bridgehead atoms. The monoisotopic (exact) mass is 374 g/mol. The molecule has 11 heteroatoms. The third-order valence-corrected chi connectivity index (χ3v) is 3.47. The second kappa shape index (κ2) is 12.0. The van der Waals surface area contributed by atoms with Crippen LogP contribution in [0.3, 0.4) is 0 Å². The van der Waals surface area contributed by atoms with E-state index in [1.807, 2.05) is 13.8 Å². The minimum atomic E-state index is -1.19. The van der Waals surface area contributed by atoms with Gasteiger partial charge in [-0.2, -0.15) is 0 Å². The molecule has 0 saturated heterocycles. The van der Waals surface area contributed by atoms with E-state index in [1.54, 1.807) is 0 Å². The number of aliphatic hydroxyl groups excluding tert-OH is 1. The molecular formula is C15H30N6O5. The minimum absolute atomic E-state index is 0.0482. The van der Waals surface area contributed by atoms with Gasteiger partial charge < -0.3 is 37.6 Å². The molecule has 0 unspecified atom stereocenters. The van der Waals surface area contributed by atoms with Crippen LogP contribution in [-0.2, 0) is 14.4 Å². The van der Waals surface area contributed by atoms with Gasteiger partial charge in [-0.05, 0) is 25.2 Å². The zero-order valence-electron chi connectivity index (χ0n) is 15.1. The molecule has 0 fully saturated rings. The summed E-state index contributed by atoms with van der Waals surface area (Å²) in [5.74, 6) is -2.71. The molecule has 3 atom stereocenters. The molecule has 0 spiro atoms. The van der Waals surface area contributed by atoms with E-state index < -0.39 is 42.5 Å². The molecule has 11 nitrogen and oxygen atoms in total. The predicted octanol–water partition coefficient (Wildman–Crippen LogP) is -2.33.